The number of hydrogen-bond donors (Lipinski definition) is 1. The van der Waals surface area contributed by atoms with Gasteiger partial charge in [-0.25, -0.2) is 4.98 Å². The molecule has 5 heteroatoms. The molecule has 0 spiro atoms. The van der Waals surface area contributed by atoms with Gasteiger partial charge in [-0.3, -0.25) is 4.79 Å². The SMILES string of the molecule is Cc1c(C(=O)CSc2nc3ccccc3[nH]2)c2ccccc2n1C. The van der Waals surface area contributed by atoms with Gasteiger partial charge in [0.1, 0.15) is 0 Å². The van der Waals surface area contributed by atoms with Crippen molar-refractivity contribution in [1.82, 2.24) is 14.5 Å². The van der Waals surface area contributed by atoms with Crippen LogP contribution in [0.2, 0.25) is 0 Å². The second-order valence-electron chi connectivity index (χ2n) is 5.81. The molecule has 0 saturated carbocycles. The third kappa shape index (κ3) is 2.41. The Labute approximate surface area is 143 Å². The molecule has 0 amide bonds. The molecule has 2 aromatic carbocycles. The highest BCUT2D eigenvalue weighted by atomic mass is 32.2. The summed E-state index contributed by atoms with van der Waals surface area (Å²) >= 11 is 1.45. The molecule has 0 bridgehead atoms. The van der Waals surface area contributed by atoms with Crippen LogP contribution in [0.25, 0.3) is 21.9 Å². The quantitative estimate of drug-likeness (QED) is 0.446. The van der Waals surface area contributed by atoms with Gasteiger partial charge in [0.15, 0.2) is 10.9 Å². The summed E-state index contributed by atoms with van der Waals surface area (Å²) in [6, 6.07) is 15.9. The number of carbonyl (C=O) groups is 1. The minimum atomic E-state index is 0.134. The van der Waals surface area contributed by atoms with Crippen LogP contribution in [-0.2, 0) is 7.05 Å². The van der Waals surface area contributed by atoms with Crippen LogP contribution in [0, 0.1) is 6.92 Å². The van der Waals surface area contributed by atoms with Crippen LogP contribution in [0.4, 0.5) is 0 Å². The monoisotopic (exact) mass is 335 g/mol. The molecule has 1 N–H and O–H groups in total. The van der Waals surface area contributed by atoms with Gasteiger partial charge in [-0.15, -0.1) is 0 Å². The van der Waals surface area contributed by atoms with Gasteiger partial charge in [0.2, 0.25) is 0 Å². The van der Waals surface area contributed by atoms with E-state index in [4.69, 9.17) is 0 Å². The van der Waals surface area contributed by atoms with Crippen LogP contribution >= 0.6 is 11.8 Å². The Morgan fingerprint density at radius 2 is 1.92 bits per heavy atom. The van der Waals surface area contributed by atoms with Gasteiger partial charge in [-0.1, -0.05) is 42.1 Å². The van der Waals surface area contributed by atoms with Crippen molar-refractivity contribution in [2.24, 2.45) is 7.05 Å². The summed E-state index contributed by atoms with van der Waals surface area (Å²) in [5.74, 6) is 0.504. The number of H-pyrrole nitrogens is 1. The van der Waals surface area contributed by atoms with Crippen LogP contribution in [0.3, 0.4) is 0 Å². The summed E-state index contributed by atoms with van der Waals surface area (Å²) in [5, 5.41) is 1.80. The van der Waals surface area contributed by atoms with Crippen LogP contribution in [0.15, 0.2) is 53.7 Å². The number of Topliss-reactive ketones (excluding diaryl/α,β-unsaturated/α-hetero) is 1. The Morgan fingerprint density at radius 1 is 1.17 bits per heavy atom. The third-order valence-corrected chi connectivity index (χ3v) is 5.26. The summed E-state index contributed by atoms with van der Waals surface area (Å²) in [6.07, 6.45) is 0. The molecule has 24 heavy (non-hydrogen) atoms. The van der Waals surface area contributed by atoms with E-state index in [1.807, 2.05) is 62.5 Å². The van der Waals surface area contributed by atoms with Crippen molar-refractivity contribution in [1.29, 1.82) is 0 Å². The molecule has 0 atom stereocenters. The number of thioether (sulfide) groups is 1. The Kier molecular flexibility index (Phi) is 3.65. The van der Waals surface area contributed by atoms with E-state index in [0.29, 0.717) is 5.75 Å². The predicted octanol–water partition coefficient (Wildman–Crippen LogP) is 4.34. The first-order valence-corrected chi connectivity index (χ1v) is 8.78. The fourth-order valence-electron chi connectivity index (χ4n) is 3.08. The lowest BCUT2D eigenvalue weighted by atomic mass is 10.1. The summed E-state index contributed by atoms with van der Waals surface area (Å²) in [4.78, 5) is 20.6. The molecule has 0 aliphatic rings. The number of aryl methyl sites for hydroxylation is 1. The van der Waals surface area contributed by atoms with Crippen LogP contribution in [-0.4, -0.2) is 26.1 Å². The van der Waals surface area contributed by atoms with Gasteiger partial charge in [-0.2, -0.15) is 0 Å². The Morgan fingerprint density at radius 3 is 2.75 bits per heavy atom. The van der Waals surface area contributed by atoms with Crippen LogP contribution in [0.1, 0.15) is 16.1 Å². The van der Waals surface area contributed by atoms with Gasteiger partial charge >= 0.3 is 0 Å². The smallest absolute Gasteiger partial charge is 0.175 e. The zero-order valence-electron chi connectivity index (χ0n) is 13.5. The molecule has 2 aromatic heterocycles. The fraction of sp³-hybridized carbons (Fsp3) is 0.158. The van der Waals surface area contributed by atoms with Gasteiger partial charge in [-0.05, 0) is 25.1 Å². The predicted molar refractivity (Wildman–Crippen MR) is 98.8 cm³/mol. The number of para-hydroxylation sites is 3. The van der Waals surface area contributed by atoms with E-state index in [-0.39, 0.29) is 5.78 Å². The summed E-state index contributed by atoms with van der Waals surface area (Å²) in [6.45, 7) is 2.00. The van der Waals surface area contributed by atoms with Crippen molar-refractivity contribution in [2.45, 2.75) is 12.1 Å². The number of imidazole rings is 1. The molecule has 0 aliphatic carbocycles. The van der Waals surface area contributed by atoms with E-state index >= 15 is 0 Å². The molecule has 120 valence electrons. The molecule has 4 aromatic rings. The maximum atomic E-state index is 12.8. The van der Waals surface area contributed by atoms with Crippen molar-refractivity contribution in [3.63, 3.8) is 0 Å². The normalized spacial score (nSPS) is 11.4. The van der Waals surface area contributed by atoms with Crippen molar-refractivity contribution in [3.05, 3.63) is 59.8 Å². The van der Waals surface area contributed by atoms with Gasteiger partial charge in [0, 0.05) is 29.2 Å². The largest absolute Gasteiger partial charge is 0.347 e. The average Bonchev–Trinajstić information content (AvgIpc) is 3.13. The number of aromatic nitrogens is 3. The van der Waals surface area contributed by atoms with Crippen LogP contribution in [0.5, 0.6) is 0 Å². The minimum absolute atomic E-state index is 0.134. The number of aromatic amines is 1. The molecule has 0 unspecified atom stereocenters. The first-order chi connectivity index (χ1) is 11.6. The first-order valence-electron chi connectivity index (χ1n) is 7.80. The van der Waals surface area contributed by atoms with Crippen molar-refractivity contribution < 1.29 is 4.79 Å². The molecule has 0 saturated heterocycles. The summed E-state index contributed by atoms with van der Waals surface area (Å²) in [7, 11) is 2.00. The molecule has 0 fully saturated rings. The van der Waals surface area contributed by atoms with Crippen LogP contribution < -0.4 is 0 Å². The zero-order chi connectivity index (χ0) is 16.7. The highest BCUT2D eigenvalue weighted by Crippen LogP contribution is 2.27. The van der Waals surface area contributed by atoms with Crippen molar-refractivity contribution in [2.75, 3.05) is 5.75 Å². The topological polar surface area (TPSA) is 50.7 Å². The maximum absolute atomic E-state index is 12.8. The molecule has 4 nitrogen and oxygen atoms in total. The number of benzene rings is 2. The lowest BCUT2D eigenvalue weighted by Crippen LogP contribution is -2.05. The van der Waals surface area contributed by atoms with E-state index in [0.717, 1.165) is 38.4 Å². The van der Waals surface area contributed by atoms with E-state index in [1.165, 1.54) is 11.8 Å². The molecule has 0 aliphatic heterocycles. The number of nitrogens with zero attached hydrogens (tertiary/aromatic N) is 2. The summed E-state index contributed by atoms with van der Waals surface area (Å²) in [5.41, 5.74) is 4.83. The zero-order valence-corrected chi connectivity index (χ0v) is 14.4. The van der Waals surface area contributed by atoms with Gasteiger partial charge in [0.25, 0.3) is 0 Å². The number of carbonyl (C=O) groups excluding carboxylic acids is 1. The second-order valence-corrected chi connectivity index (χ2v) is 6.77. The fourth-order valence-corrected chi connectivity index (χ4v) is 3.83. The van der Waals surface area contributed by atoms with E-state index in [9.17, 15) is 4.79 Å². The highest BCUT2D eigenvalue weighted by molar-refractivity contribution is 7.99. The maximum Gasteiger partial charge on any atom is 0.175 e. The second kappa shape index (κ2) is 5.83. The number of nitrogens with one attached hydrogen (secondary N) is 1. The average molecular weight is 335 g/mol. The Hall–Kier alpha value is -2.53. The first kappa shape index (κ1) is 15.0. The van der Waals surface area contributed by atoms with E-state index < -0.39 is 0 Å². The van der Waals surface area contributed by atoms with E-state index in [1.54, 1.807) is 0 Å². The van der Waals surface area contributed by atoms with Gasteiger partial charge < -0.3 is 9.55 Å². The molecular formula is C19H17N3OS. The number of hydrogen-bond acceptors (Lipinski definition) is 3. The van der Waals surface area contributed by atoms with E-state index in [2.05, 4.69) is 14.5 Å². The lowest BCUT2D eigenvalue weighted by molar-refractivity contribution is 0.102. The number of ketones is 1. The standard InChI is InChI=1S/C19H17N3OS/c1-12-18(13-7-3-6-10-16(13)22(12)2)17(23)11-24-19-20-14-8-4-5-9-15(14)21-19/h3-10H,11H2,1-2H3,(H,20,21). The third-order valence-electron chi connectivity index (χ3n) is 4.39. The van der Waals surface area contributed by atoms with Gasteiger partial charge in [0.05, 0.1) is 16.8 Å². The van der Waals surface area contributed by atoms with Crippen molar-refractivity contribution in [3.8, 4) is 0 Å². The molecule has 4 rings (SSSR count). The summed E-state index contributed by atoms with van der Waals surface area (Å²) < 4.78 is 2.08. The molecule has 0 radical (unpaired) electrons. The number of rotatable bonds is 4. The highest BCUT2D eigenvalue weighted by Gasteiger charge is 2.18. The Balaban J connectivity index is 1.62. The minimum Gasteiger partial charge on any atom is -0.347 e. The Bertz CT molecular complexity index is 1030. The number of fused-ring (bicyclic) bond motifs is 2. The molecule has 2 heterocycles. The lowest BCUT2D eigenvalue weighted by Gasteiger charge is -2.01. The van der Waals surface area contributed by atoms with Crippen molar-refractivity contribution >= 4 is 39.5 Å². The molecular weight excluding hydrogens is 318 g/mol.